The number of benzene rings is 2. The first-order chi connectivity index (χ1) is 57.0. The van der Waals surface area contributed by atoms with E-state index in [0.717, 1.165) is 36.8 Å². The van der Waals surface area contributed by atoms with E-state index in [9.17, 15) is 14.7 Å². The van der Waals surface area contributed by atoms with E-state index in [2.05, 4.69) is 13.8 Å². The SMILES string of the molecule is CCC.O=C(CCCCCO)OCc1ccc2c(c1)OCCOCCOCCOCCOCCOCCOCCOCCOCCOCCOCCOCCOCCO2.O=C1CCCCCO1.OCc1ccc2c(c1)OCCOCCOCCOCCOCCOCCOCCOCCOCCOCCOCCOCCOCCO2. The van der Waals surface area contributed by atoms with Crippen LogP contribution in [0.2, 0.25) is 0 Å². The van der Waals surface area contributed by atoms with Crippen LogP contribution in [0.15, 0.2) is 36.4 Å². The van der Waals surface area contributed by atoms with Crippen LogP contribution >= 0.6 is 0 Å². The fourth-order valence-corrected chi connectivity index (χ4v) is 9.24. The summed E-state index contributed by atoms with van der Waals surface area (Å²) in [6.07, 6.45) is 7.51. The molecule has 0 atom stereocenters. The van der Waals surface area contributed by atoms with Gasteiger partial charge >= 0.3 is 11.9 Å². The number of hydrogen-bond acceptors (Lipinski definition) is 34. The number of aliphatic hydroxyl groups is 2. The second kappa shape index (κ2) is 88.8. The molecule has 2 aromatic rings. The minimum absolute atomic E-state index is 0.0255. The Bertz CT molecular complexity index is 2330. The molecule has 2 aromatic carbocycles. The van der Waals surface area contributed by atoms with E-state index in [1.165, 1.54) is 6.42 Å². The minimum atomic E-state index is -0.283. The smallest absolute Gasteiger partial charge is 0.306 e. The highest BCUT2D eigenvalue weighted by Gasteiger charge is 2.13. The lowest BCUT2D eigenvalue weighted by Crippen LogP contribution is -2.16. The zero-order chi connectivity index (χ0) is 82.0. The number of aliphatic hydroxyl groups excluding tert-OH is 2. The summed E-state index contributed by atoms with van der Waals surface area (Å²) in [4.78, 5) is 22.6. The van der Waals surface area contributed by atoms with Gasteiger partial charge in [-0.3, -0.25) is 9.59 Å². The third-order valence-corrected chi connectivity index (χ3v) is 15.1. The predicted octanol–water partition coefficient (Wildman–Crippen LogP) is 5.92. The van der Waals surface area contributed by atoms with Crippen molar-refractivity contribution >= 4 is 11.9 Å². The summed E-state index contributed by atoms with van der Waals surface area (Å²) in [5.41, 5.74) is 1.49. The molecule has 0 radical (unpaired) electrons. The molecule has 1 fully saturated rings. The van der Waals surface area contributed by atoms with Gasteiger partial charge in [0.25, 0.3) is 0 Å². The molecule has 0 aromatic heterocycles. The number of rotatable bonds is 8. The maximum atomic E-state index is 12.2. The molecular formula is C81H144O34. The number of fused-ring (bicyclic) bond motifs is 2. The van der Waals surface area contributed by atoms with E-state index < -0.39 is 0 Å². The third kappa shape index (κ3) is 75.5. The van der Waals surface area contributed by atoms with E-state index in [1.807, 2.05) is 6.07 Å². The number of unbranched alkanes of at least 4 members (excludes halogenated alkanes) is 2. The molecule has 0 saturated carbocycles. The average molecular weight is 1660 g/mol. The second-order valence-corrected chi connectivity index (χ2v) is 24.7. The molecule has 34 heteroatoms. The average Bonchev–Trinajstić information content (AvgIpc) is 1.09. The van der Waals surface area contributed by atoms with Gasteiger partial charge in [0.1, 0.15) is 33.0 Å². The van der Waals surface area contributed by atoms with Gasteiger partial charge in [-0.05, 0) is 67.5 Å². The van der Waals surface area contributed by atoms with E-state index in [-0.39, 0.29) is 38.4 Å². The molecule has 3 aliphatic rings. The summed E-state index contributed by atoms with van der Waals surface area (Å²) >= 11 is 0. The Labute approximate surface area is 683 Å². The van der Waals surface area contributed by atoms with Crippen molar-refractivity contribution in [3.8, 4) is 23.0 Å². The molecule has 0 amide bonds. The first kappa shape index (κ1) is 107. The van der Waals surface area contributed by atoms with Gasteiger partial charge in [0.15, 0.2) is 23.0 Å². The molecule has 0 spiro atoms. The second-order valence-electron chi connectivity index (χ2n) is 24.7. The third-order valence-electron chi connectivity index (χ3n) is 15.1. The number of hydrogen-bond donors (Lipinski definition) is 2. The maximum Gasteiger partial charge on any atom is 0.306 e. The van der Waals surface area contributed by atoms with Crippen molar-refractivity contribution in [2.45, 2.75) is 84.8 Å². The molecule has 5 rings (SSSR count). The number of carbonyl (C=O) groups is 2. The maximum absolute atomic E-state index is 12.2. The lowest BCUT2D eigenvalue weighted by Gasteiger charge is -2.15. The summed E-state index contributed by atoms with van der Waals surface area (Å²) in [6, 6.07) is 10.7. The van der Waals surface area contributed by atoms with Crippen LogP contribution in [0.25, 0.3) is 0 Å². The van der Waals surface area contributed by atoms with Crippen molar-refractivity contribution in [3.05, 3.63) is 47.5 Å². The molecule has 672 valence electrons. The van der Waals surface area contributed by atoms with Crippen LogP contribution in [0.5, 0.6) is 23.0 Å². The van der Waals surface area contributed by atoms with Crippen molar-refractivity contribution in [3.63, 3.8) is 0 Å². The molecule has 0 bridgehead atoms. The zero-order valence-electron chi connectivity index (χ0n) is 69.4. The van der Waals surface area contributed by atoms with E-state index in [1.54, 1.807) is 30.3 Å². The van der Waals surface area contributed by atoms with Crippen molar-refractivity contribution in [1.82, 2.24) is 0 Å². The number of cyclic esters (lactones) is 1. The van der Waals surface area contributed by atoms with Gasteiger partial charge in [0.2, 0.25) is 0 Å². The lowest BCUT2D eigenvalue weighted by atomic mass is 10.2. The predicted molar refractivity (Wildman–Crippen MR) is 421 cm³/mol. The van der Waals surface area contributed by atoms with Crippen molar-refractivity contribution < 1.29 is 162 Å². The lowest BCUT2D eigenvalue weighted by molar-refractivity contribution is -0.145. The fraction of sp³-hybridized carbons (Fsp3) is 0.827. The Kier molecular flexibility index (Phi) is 82.3. The molecule has 1 saturated heterocycles. The summed E-state index contributed by atoms with van der Waals surface area (Å²) in [6.45, 7) is 28.6. The summed E-state index contributed by atoms with van der Waals surface area (Å²) in [5.74, 6) is 1.84. The number of esters is 2. The van der Waals surface area contributed by atoms with Gasteiger partial charge in [0.05, 0.1) is 330 Å². The molecule has 3 heterocycles. The van der Waals surface area contributed by atoms with Crippen molar-refractivity contribution in [2.24, 2.45) is 0 Å². The van der Waals surface area contributed by atoms with Crippen LogP contribution in [-0.2, 0) is 146 Å². The van der Waals surface area contributed by atoms with Crippen LogP contribution in [0.3, 0.4) is 0 Å². The van der Waals surface area contributed by atoms with Gasteiger partial charge in [0, 0.05) is 19.4 Å². The fourth-order valence-electron chi connectivity index (χ4n) is 9.24. The highest BCUT2D eigenvalue weighted by atomic mass is 16.6. The molecule has 0 aliphatic carbocycles. The standard InChI is InChI=1S/C39H68O17.C33H58O15.C6H10O2.C3H8/c40-7-3-1-2-4-39(41)56-35-36-5-6-37-38(34-36)55-33-31-53-29-27-51-25-23-49-21-19-47-17-15-45-13-11-43-9-8-42-10-12-44-14-16-46-18-20-48-22-24-50-26-28-52-30-32-54-37;34-30-31-1-2-32-33(29-31)48-28-26-46-24-22-44-20-18-42-16-14-40-12-10-38-8-6-36-4-3-35-5-7-37-9-11-39-13-15-41-17-19-43-21-23-45-25-27-47-32;7-6-4-2-1-3-5-8-6;1-3-2/h5-6,34,40H,1-4,7-33,35H2;1-2,29,34H,3-28,30H2;1-5H2;3H2,1-2H3. The van der Waals surface area contributed by atoms with E-state index in [0.29, 0.717) is 392 Å². The molecule has 34 nitrogen and oxygen atoms in total. The Morgan fingerprint density at radius 1 is 0.278 bits per heavy atom. The highest BCUT2D eigenvalue weighted by Crippen LogP contribution is 2.30. The van der Waals surface area contributed by atoms with Crippen molar-refractivity contribution in [1.29, 1.82) is 0 Å². The quantitative estimate of drug-likeness (QED) is 0.229. The van der Waals surface area contributed by atoms with Crippen molar-refractivity contribution in [2.75, 3.05) is 357 Å². The first-order valence-corrected chi connectivity index (χ1v) is 41.2. The van der Waals surface area contributed by atoms with Gasteiger partial charge in [-0.1, -0.05) is 38.8 Å². The number of ether oxygens (including phenoxy) is 30. The van der Waals surface area contributed by atoms with E-state index >= 15 is 0 Å². The molecule has 115 heavy (non-hydrogen) atoms. The summed E-state index contributed by atoms with van der Waals surface area (Å²) in [7, 11) is 0. The Morgan fingerprint density at radius 3 is 0.765 bits per heavy atom. The highest BCUT2D eigenvalue weighted by molar-refractivity contribution is 5.69. The number of carbonyl (C=O) groups excluding carboxylic acids is 2. The minimum Gasteiger partial charge on any atom is -0.487 e. The summed E-state index contributed by atoms with van der Waals surface area (Å²) < 4.78 is 167. The van der Waals surface area contributed by atoms with Crippen LogP contribution in [0.4, 0.5) is 0 Å². The van der Waals surface area contributed by atoms with Gasteiger partial charge < -0.3 is 152 Å². The molecule has 0 unspecified atom stereocenters. The first-order valence-electron chi connectivity index (χ1n) is 41.2. The monoisotopic (exact) mass is 1660 g/mol. The Hall–Kier alpha value is -4.46. The van der Waals surface area contributed by atoms with Gasteiger partial charge in [-0.25, -0.2) is 0 Å². The summed E-state index contributed by atoms with van der Waals surface area (Å²) in [5, 5.41) is 18.4. The van der Waals surface area contributed by atoms with Crippen LogP contribution in [0.1, 0.15) is 82.8 Å². The van der Waals surface area contributed by atoms with Crippen LogP contribution in [-0.4, -0.2) is 379 Å². The zero-order valence-corrected chi connectivity index (χ0v) is 69.4. The molecule has 3 aliphatic heterocycles. The molecular weight excluding hydrogens is 1520 g/mol. The Balaban J connectivity index is 0.000000692. The van der Waals surface area contributed by atoms with Gasteiger partial charge in [-0.2, -0.15) is 0 Å². The largest absolute Gasteiger partial charge is 0.487 e. The van der Waals surface area contributed by atoms with Gasteiger partial charge in [-0.15, -0.1) is 0 Å². The normalized spacial score (nSPS) is 20.5. The van der Waals surface area contributed by atoms with Crippen LogP contribution < -0.4 is 18.9 Å². The van der Waals surface area contributed by atoms with Crippen LogP contribution in [0, 0.1) is 0 Å². The molecule has 2 N–H and O–H groups in total. The van der Waals surface area contributed by atoms with E-state index in [4.69, 9.17) is 147 Å². The topological polar surface area (TPSA) is 352 Å². The Morgan fingerprint density at radius 2 is 0.513 bits per heavy atom.